The van der Waals surface area contributed by atoms with Crippen molar-refractivity contribution in [1.82, 2.24) is 9.44 Å². The molecule has 7 heteroatoms. The van der Waals surface area contributed by atoms with E-state index in [1.165, 1.54) is 0 Å². The molecule has 0 saturated carbocycles. The topological polar surface area (TPSA) is 95.5 Å². The molecule has 0 heterocycles. The molecule has 0 atom stereocenters. The van der Waals surface area contributed by atoms with E-state index in [2.05, 4.69) is 9.44 Å². The minimum atomic E-state index is -3.58. The molecular formula is C9H20N2O4S. The molecule has 0 unspecified atom stereocenters. The number of carboxylic acid groups (broad SMARTS) is 1. The molecule has 0 aromatic carbocycles. The Bertz CT molecular complexity index is 335. The van der Waals surface area contributed by atoms with Gasteiger partial charge in [0.25, 0.3) is 10.2 Å². The largest absolute Gasteiger partial charge is 0.481 e. The van der Waals surface area contributed by atoms with Crippen molar-refractivity contribution in [3.05, 3.63) is 0 Å². The Morgan fingerprint density at radius 3 is 2.25 bits per heavy atom. The van der Waals surface area contributed by atoms with Gasteiger partial charge in [-0.2, -0.15) is 17.9 Å². The Morgan fingerprint density at radius 1 is 1.38 bits per heavy atom. The van der Waals surface area contributed by atoms with Crippen LogP contribution < -0.4 is 9.44 Å². The van der Waals surface area contributed by atoms with E-state index in [4.69, 9.17) is 5.11 Å². The van der Waals surface area contributed by atoms with Crippen molar-refractivity contribution in [2.24, 2.45) is 0 Å². The molecular weight excluding hydrogens is 232 g/mol. The highest BCUT2D eigenvalue weighted by molar-refractivity contribution is 7.87. The standard InChI is InChI=1S/C9H20N2O4S/c1-7(2)10-16(14,15)11-9(3,4)6-5-8(12)13/h7,10-11H,5-6H2,1-4H3,(H,12,13). The van der Waals surface area contributed by atoms with Crippen molar-refractivity contribution in [2.45, 2.75) is 52.1 Å². The number of nitrogens with one attached hydrogen (secondary N) is 2. The average molecular weight is 252 g/mol. The number of hydrogen-bond acceptors (Lipinski definition) is 3. The zero-order valence-corrected chi connectivity index (χ0v) is 10.9. The zero-order chi connectivity index (χ0) is 13.0. The van der Waals surface area contributed by atoms with Gasteiger partial charge >= 0.3 is 5.97 Å². The molecule has 0 amide bonds. The molecule has 0 bridgehead atoms. The normalized spacial score (nSPS) is 13.1. The summed E-state index contributed by atoms with van der Waals surface area (Å²) in [6.07, 6.45) is 0.165. The van der Waals surface area contributed by atoms with Crippen LogP contribution in [0.1, 0.15) is 40.5 Å². The smallest absolute Gasteiger partial charge is 0.303 e. The van der Waals surface area contributed by atoms with E-state index in [-0.39, 0.29) is 18.9 Å². The van der Waals surface area contributed by atoms with E-state index in [0.717, 1.165) is 0 Å². The van der Waals surface area contributed by atoms with E-state index in [9.17, 15) is 13.2 Å². The maximum atomic E-state index is 11.5. The number of carbonyl (C=O) groups is 1. The van der Waals surface area contributed by atoms with Gasteiger partial charge in [0.1, 0.15) is 0 Å². The first-order valence-corrected chi connectivity index (χ1v) is 6.55. The van der Waals surface area contributed by atoms with Gasteiger partial charge < -0.3 is 5.11 Å². The lowest BCUT2D eigenvalue weighted by atomic mass is 10.0. The van der Waals surface area contributed by atoms with Crippen molar-refractivity contribution in [1.29, 1.82) is 0 Å². The number of rotatable bonds is 7. The minimum Gasteiger partial charge on any atom is -0.481 e. The summed E-state index contributed by atoms with van der Waals surface area (Å²) in [5.41, 5.74) is -0.779. The van der Waals surface area contributed by atoms with Gasteiger partial charge in [-0.25, -0.2) is 0 Å². The average Bonchev–Trinajstić information content (AvgIpc) is 1.95. The molecule has 0 aliphatic carbocycles. The molecule has 0 rings (SSSR count). The highest BCUT2D eigenvalue weighted by Crippen LogP contribution is 2.12. The second kappa shape index (κ2) is 5.60. The molecule has 0 fully saturated rings. The molecule has 6 nitrogen and oxygen atoms in total. The highest BCUT2D eigenvalue weighted by atomic mass is 32.2. The van der Waals surface area contributed by atoms with Crippen LogP contribution in [0.4, 0.5) is 0 Å². The van der Waals surface area contributed by atoms with Crippen molar-refractivity contribution >= 4 is 16.2 Å². The Morgan fingerprint density at radius 2 is 1.88 bits per heavy atom. The van der Waals surface area contributed by atoms with E-state index < -0.39 is 21.7 Å². The molecule has 0 aliphatic heterocycles. The lowest BCUT2D eigenvalue weighted by molar-refractivity contribution is -0.137. The molecule has 3 N–H and O–H groups in total. The molecule has 0 saturated heterocycles. The summed E-state index contributed by atoms with van der Waals surface area (Å²) < 4.78 is 27.9. The van der Waals surface area contributed by atoms with Crippen LogP contribution in [0.5, 0.6) is 0 Å². The van der Waals surface area contributed by atoms with Crippen LogP contribution in [-0.2, 0) is 15.0 Å². The Balaban J connectivity index is 4.39. The maximum absolute atomic E-state index is 11.5. The Kier molecular flexibility index (Phi) is 5.37. The van der Waals surface area contributed by atoms with Crippen LogP contribution >= 0.6 is 0 Å². The van der Waals surface area contributed by atoms with Crippen LogP contribution in [-0.4, -0.2) is 31.1 Å². The molecule has 0 radical (unpaired) electrons. The fourth-order valence-electron chi connectivity index (χ4n) is 1.17. The third kappa shape index (κ3) is 7.61. The van der Waals surface area contributed by atoms with E-state index in [1.807, 2.05) is 0 Å². The van der Waals surface area contributed by atoms with Gasteiger partial charge in [-0.15, -0.1) is 0 Å². The van der Waals surface area contributed by atoms with Gasteiger partial charge in [0.15, 0.2) is 0 Å². The van der Waals surface area contributed by atoms with E-state index >= 15 is 0 Å². The fourth-order valence-corrected chi connectivity index (χ4v) is 2.68. The summed E-state index contributed by atoms with van der Waals surface area (Å²) in [7, 11) is -3.58. The predicted molar refractivity (Wildman–Crippen MR) is 61.3 cm³/mol. The third-order valence-electron chi connectivity index (χ3n) is 1.77. The molecule has 0 aromatic heterocycles. The summed E-state index contributed by atoms with van der Waals surface area (Å²) >= 11 is 0. The summed E-state index contributed by atoms with van der Waals surface area (Å²) in [5.74, 6) is -0.941. The van der Waals surface area contributed by atoms with Crippen LogP contribution in [0.15, 0.2) is 0 Å². The molecule has 16 heavy (non-hydrogen) atoms. The van der Waals surface area contributed by atoms with Crippen molar-refractivity contribution in [3.8, 4) is 0 Å². The minimum absolute atomic E-state index is 0.0722. The molecule has 0 aromatic rings. The molecule has 0 spiro atoms. The van der Waals surface area contributed by atoms with Crippen molar-refractivity contribution in [3.63, 3.8) is 0 Å². The Hall–Kier alpha value is -0.660. The van der Waals surface area contributed by atoms with Gasteiger partial charge in [-0.3, -0.25) is 4.79 Å². The monoisotopic (exact) mass is 252 g/mol. The van der Waals surface area contributed by atoms with Gasteiger partial charge in [-0.1, -0.05) is 0 Å². The lowest BCUT2D eigenvalue weighted by Gasteiger charge is -2.25. The summed E-state index contributed by atoms with van der Waals surface area (Å²) in [6.45, 7) is 6.72. The summed E-state index contributed by atoms with van der Waals surface area (Å²) in [4.78, 5) is 10.4. The van der Waals surface area contributed by atoms with Crippen LogP contribution in [0, 0.1) is 0 Å². The first-order chi connectivity index (χ1) is 7.04. The summed E-state index contributed by atoms with van der Waals surface area (Å²) in [5, 5.41) is 8.53. The predicted octanol–water partition coefficient (Wildman–Crippen LogP) is 0.462. The van der Waals surface area contributed by atoms with Crippen LogP contribution in [0.3, 0.4) is 0 Å². The zero-order valence-electron chi connectivity index (χ0n) is 10.1. The van der Waals surface area contributed by atoms with Gasteiger partial charge in [0.05, 0.1) is 0 Å². The highest BCUT2D eigenvalue weighted by Gasteiger charge is 2.25. The number of carboxylic acids is 1. The Labute approximate surface area is 96.6 Å². The number of aliphatic carboxylic acids is 1. The third-order valence-corrected chi connectivity index (χ3v) is 3.37. The SMILES string of the molecule is CC(C)NS(=O)(=O)NC(C)(C)CCC(=O)O. The van der Waals surface area contributed by atoms with Gasteiger partial charge in [-0.05, 0) is 34.1 Å². The molecule has 96 valence electrons. The maximum Gasteiger partial charge on any atom is 0.303 e. The van der Waals surface area contributed by atoms with Crippen molar-refractivity contribution < 1.29 is 18.3 Å². The van der Waals surface area contributed by atoms with E-state index in [0.29, 0.717) is 0 Å². The van der Waals surface area contributed by atoms with Crippen LogP contribution in [0.2, 0.25) is 0 Å². The van der Waals surface area contributed by atoms with E-state index in [1.54, 1.807) is 27.7 Å². The van der Waals surface area contributed by atoms with Crippen molar-refractivity contribution in [2.75, 3.05) is 0 Å². The quantitative estimate of drug-likeness (QED) is 0.613. The van der Waals surface area contributed by atoms with Gasteiger partial charge in [0.2, 0.25) is 0 Å². The fraction of sp³-hybridized carbons (Fsp3) is 0.889. The first kappa shape index (κ1) is 15.3. The van der Waals surface area contributed by atoms with Crippen LogP contribution in [0.25, 0.3) is 0 Å². The summed E-state index contributed by atoms with van der Waals surface area (Å²) in [6, 6.07) is -0.201. The first-order valence-electron chi connectivity index (χ1n) is 5.07. The van der Waals surface area contributed by atoms with Gasteiger partial charge in [0, 0.05) is 18.0 Å². The second-order valence-corrected chi connectivity index (χ2v) is 6.10. The lowest BCUT2D eigenvalue weighted by Crippen LogP contribution is -2.50. The second-order valence-electron chi connectivity index (χ2n) is 4.66. The molecule has 0 aliphatic rings. The number of hydrogen-bond donors (Lipinski definition) is 3.